The normalized spacial score (nSPS) is 15.3. The number of nitrogens with two attached hydrogens (primary N) is 2. The van der Waals surface area contributed by atoms with Crippen LogP contribution in [-0.4, -0.2) is 137 Å². The molecule has 0 aliphatic carbocycles. The van der Waals surface area contributed by atoms with E-state index in [9.17, 15) is 24.0 Å². The fourth-order valence-corrected chi connectivity index (χ4v) is 3.99. The molecular formula is C27H48N6O10. The predicted octanol–water partition coefficient (Wildman–Crippen LogP) is -2.65. The molecule has 1 aliphatic heterocycles. The lowest BCUT2D eigenvalue weighted by atomic mass is 9.97. The third-order valence-corrected chi connectivity index (χ3v) is 6.39. The number of hydrogen-bond acceptors (Lipinski definition) is 11. The Labute approximate surface area is 252 Å². The highest BCUT2D eigenvalue weighted by atomic mass is 16.6. The molecule has 4 amide bonds. The van der Waals surface area contributed by atoms with Gasteiger partial charge in [-0.3, -0.25) is 24.0 Å². The molecule has 0 saturated carbocycles. The fraction of sp³-hybridized carbons (Fsp3) is 0.741. The van der Waals surface area contributed by atoms with E-state index in [1.165, 1.54) is 6.08 Å². The molecular weight excluding hydrogens is 568 g/mol. The van der Waals surface area contributed by atoms with Crippen molar-refractivity contribution in [2.45, 2.75) is 37.8 Å². The van der Waals surface area contributed by atoms with E-state index in [0.717, 1.165) is 19.6 Å². The number of piperidine rings is 1. The Morgan fingerprint density at radius 3 is 1.95 bits per heavy atom. The first-order valence-corrected chi connectivity index (χ1v) is 14.4. The van der Waals surface area contributed by atoms with Crippen molar-refractivity contribution in [3.05, 3.63) is 12.7 Å². The number of hydrogen-bond donors (Lipinski definition) is 6. The summed E-state index contributed by atoms with van der Waals surface area (Å²) in [7, 11) is 0. The average molecular weight is 617 g/mol. The summed E-state index contributed by atoms with van der Waals surface area (Å²) in [6.07, 6.45) is 2.03. The number of rotatable bonds is 25. The zero-order valence-corrected chi connectivity index (χ0v) is 24.8. The van der Waals surface area contributed by atoms with Gasteiger partial charge in [0, 0.05) is 26.1 Å². The van der Waals surface area contributed by atoms with Crippen molar-refractivity contribution in [1.82, 2.24) is 20.9 Å². The van der Waals surface area contributed by atoms with Gasteiger partial charge in [0.05, 0.1) is 65.2 Å². The number of ether oxygens (including phenoxy) is 4. The topological polar surface area (TPSA) is 234 Å². The Morgan fingerprint density at radius 2 is 1.44 bits per heavy atom. The number of nitrogens with zero attached hydrogens (tertiary/aromatic N) is 1. The van der Waals surface area contributed by atoms with Crippen molar-refractivity contribution in [3.8, 4) is 0 Å². The molecule has 16 nitrogen and oxygen atoms in total. The van der Waals surface area contributed by atoms with Crippen LogP contribution in [0.4, 0.5) is 0 Å². The van der Waals surface area contributed by atoms with Crippen LogP contribution in [0.5, 0.6) is 0 Å². The van der Waals surface area contributed by atoms with Gasteiger partial charge >= 0.3 is 5.97 Å². The molecule has 1 aliphatic rings. The van der Waals surface area contributed by atoms with Crippen LogP contribution in [0.15, 0.2) is 12.7 Å². The lowest BCUT2D eigenvalue weighted by Crippen LogP contribution is -2.54. The number of primary amides is 1. The maximum atomic E-state index is 12.6. The molecule has 246 valence electrons. The number of carbonyl (C=O) groups is 5. The van der Waals surface area contributed by atoms with Gasteiger partial charge in [-0.05, 0) is 25.9 Å². The van der Waals surface area contributed by atoms with Gasteiger partial charge in [-0.2, -0.15) is 0 Å². The van der Waals surface area contributed by atoms with E-state index in [0.29, 0.717) is 52.5 Å². The number of amides is 4. The van der Waals surface area contributed by atoms with Crippen molar-refractivity contribution in [1.29, 1.82) is 0 Å². The standard InChI is InChI=1S/C27H48N6O10/c1-2-21(25(36)30-7-6-28)32-26(37)22(19-23(29)34)31-24(35)5-11-40-13-15-42-17-18-43-16-14-41-12-10-33-8-3-20(4-9-33)27(38)39/h2,20-22H,1,3-19,28H2,(H2,29,34)(H,30,36)(H,31,35)(H,32,37)(H,38,39)/t21-,22?/m0/s1. The molecule has 2 atom stereocenters. The molecule has 0 bridgehead atoms. The van der Waals surface area contributed by atoms with E-state index in [1.54, 1.807) is 0 Å². The number of nitrogens with one attached hydrogen (secondary N) is 3. The molecule has 1 saturated heterocycles. The Morgan fingerprint density at radius 1 is 0.884 bits per heavy atom. The molecule has 1 rings (SSSR count). The zero-order chi connectivity index (χ0) is 31.9. The summed E-state index contributed by atoms with van der Waals surface area (Å²) in [6.45, 7) is 9.04. The molecule has 0 aromatic rings. The molecule has 0 aromatic carbocycles. The summed E-state index contributed by atoms with van der Waals surface area (Å²) in [6, 6.07) is -2.35. The quantitative estimate of drug-likeness (QED) is 0.0456. The van der Waals surface area contributed by atoms with Gasteiger partial charge < -0.3 is 56.4 Å². The van der Waals surface area contributed by atoms with Gasteiger partial charge in [0.25, 0.3) is 0 Å². The SMILES string of the molecule is C=C[C@H](NC(=O)C(CC(N)=O)NC(=O)CCOCCOCCOCCOCCN1CCC(C(=O)O)CC1)C(=O)NCCN. The van der Waals surface area contributed by atoms with Crippen molar-refractivity contribution in [2.24, 2.45) is 17.4 Å². The van der Waals surface area contributed by atoms with Crippen molar-refractivity contribution < 1.29 is 48.0 Å². The van der Waals surface area contributed by atoms with E-state index in [4.69, 9.17) is 35.5 Å². The summed E-state index contributed by atoms with van der Waals surface area (Å²) >= 11 is 0. The van der Waals surface area contributed by atoms with E-state index in [2.05, 4.69) is 27.4 Å². The van der Waals surface area contributed by atoms with Gasteiger partial charge in [-0.25, -0.2) is 0 Å². The first kappa shape index (κ1) is 37.9. The highest BCUT2D eigenvalue weighted by Gasteiger charge is 2.27. The minimum Gasteiger partial charge on any atom is -0.481 e. The maximum absolute atomic E-state index is 12.6. The van der Waals surface area contributed by atoms with Crippen molar-refractivity contribution >= 4 is 29.6 Å². The van der Waals surface area contributed by atoms with E-state index in [1.807, 2.05) is 0 Å². The van der Waals surface area contributed by atoms with Crippen LogP contribution in [0.3, 0.4) is 0 Å². The highest BCUT2D eigenvalue weighted by Crippen LogP contribution is 2.16. The van der Waals surface area contributed by atoms with E-state index >= 15 is 0 Å². The molecule has 1 heterocycles. The summed E-state index contributed by atoms with van der Waals surface area (Å²) in [5, 5.41) is 16.4. The highest BCUT2D eigenvalue weighted by molar-refractivity contribution is 5.95. The van der Waals surface area contributed by atoms with Crippen LogP contribution in [0.1, 0.15) is 25.7 Å². The van der Waals surface area contributed by atoms with Gasteiger partial charge in [0.1, 0.15) is 12.1 Å². The average Bonchev–Trinajstić information content (AvgIpc) is 2.98. The van der Waals surface area contributed by atoms with Crippen LogP contribution < -0.4 is 27.4 Å². The Bertz CT molecular complexity index is 869. The first-order valence-electron chi connectivity index (χ1n) is 14.4. The third kappa shape index (κ3) is 18.2. The fourth-order valence-electron chi connectivity index (χ4n) is 3.99. The minimum absolute atomic E-state index is 0.0578. The predicted molar refractivity (Wildman–Crippen MR) is 155 cm³/mol. The second-order valence-electron chi connectivity index (χ2n) is 9.75. The molecule has 43 heavy (non-hydrogen) atoms. The molecule has 1 unspecified atom stereocenters. The smallest absolute Gasteiger partial charge is 0.306 e. The molecule has 0 spiro atoms. The van der Waals surface area contributed by atoms with Crippen LogP contribution in [-0.2, 0) is 42.9 Å². The second-order valence-corrected chi connectivity index (χ2v) is 9.75. The molecule has 0 aromatic heterocycles. The van der Waals surface area contributed by atoms with Crippen molar-refractivity contribution in [3.63, 3.8) is 0 Å². The van der Waals surface area contributed by atoms with E-state index < -0.39 is 48.1 Å². The Hall–Kier alpha value is -3.15. The number of carboxylic acids is 1. The summed E-state index contributed by atoms with van der Waals surface area (Å²) < 4.78 is 21.8. The Balaban J connectivity index is 2.07. The third-order valence-electron chi connectivity index (χ3n) is 6.39. The number of likely N-dealkylation sites (tertiary alicyclic amines) is 1. The monoisotopic (exact) mass is 616 g/mol. The van der Waals surface area contributed by atoms with Crippen LogP contribution in [0.2, 0.25) is 0 Å². The van der Waals surface area contributed by atoms with Crippen LogP contribution in [0, 0.1) is 5.92 Å². The van der Waals surface area contributed by atoms with Crippen LogP contribution >= 0.6 is 0 Å². The zero-order valence-electron chi connectivity index (χ0n) is 24.8. The van der Waals surface area contributed by atoms with Gasteiger partial charge in [0.15, 0.2) is 0 Å². The maximum Gasteiger partial charge on any atom is 0.306 e. The van der Waals surface area contributed by atoms with Gasteiger partial charge in [0.2, 0.25) is 23.6 Å². The summed E-state index contributed by atoms with van der Waals surface area (Å²) in [4.78, 5) is 61.5. The number of carbonyl (C=O) groups excluding carboxylic acids is 4. The molecule has 1 fully saturated rings. The Kier molecular flexibility index (Phi) is 20.5. The lowest BCUT2D eigenvalue weighted by molar-refractivity contribution is -0.143. The van der Waals surface area contributed by atoms with Crippen molar-refractivity contribution in [2.75, 3.05) is 85.6 Å². The molecule has 8 N–H and O–H groups in total. The number of aliphatic carboxylic acids is 1. The summed E-state index contributed by atoms with van der Waals surface area (Å²) in [5.41, 5.74) is 10.6. The number of carboxylic acid groups (broad SMARTS) is 1. The largest absolute Gasteiger partial charge is 0.481 e. The second kappa shape index (κ2) is 23.3. The minimum atomic E-state index is -1.27. The van der Waals surface area contributed by atoms with E-state index in [-0.39, 0.29) is 38.6 Å². The molecule has 16 heteroatoms. The molecule has 0 radical (unpaired) electrons. The van der Waals surface area contributed by atoms with Crippen LogP contribution in [0.25, 0.3) is 0 Å². The lowest BCUT2D eigenvalue weighted by Gasteiger charge is -2.29. The summed E-state index contributed by atoms with van der Waals surface area (Å²) in [5.74, 6) is -3.59. The van der Waals surface area contributed by atoms with Gasteiger partial charge in [-0.15, -0.1) is 6.58 Å². The first-order chi connectivity index (χ1) is 20.7. The van der Waals surface area contributed by atoms with Gasteiger partial charge in [-0.1, -0.05) is 6.08 Å².